The number of aliphatic hydroxyl groups is 1. The Labute approximate surface area is 290 Å². The van der Waals surface area contributed by atoms with Gasteiger partial charge in [0.05, 0.1) is 29.4 Å². The molecule has 4 N–H and O–H groups in total. The third-order valence-electron chi connectivity index (χ3n) is 12.0. The van der Waals surface area contributed by atoms with Crippen LogP contribution in [0.25, 0.3) is 44.4 Å². The van der Waals surface area contributed by atoms with Gasteiger partial charge in [0.25, 0.3) is 0 Å². The number of unbranched alkanes of at least 4 members (excludes halogenated alkanes) is 2. The van der Waals surface area contributed by atoms with Crippen LogP contribution in [0.2, 0.25) is 0 Å². The van der Waals surface area contributed by atoms with Crippen LogP contribution in [-0.4, -0.2) is 30.0 Å². The first-order valence-electron chi connectivity index (χ1n) is 18.9. The molecule has 4 aromatic heterocycles. The van der Waals surface area contributed by atoms with Gasteiger partial charge in [-0.15, -0.1) is 0 Å². The number of allylic oxidation sites excluding steroid dienone is 4. The van der Waals surface area contributed by atoms with Crippen LogP contribution in [0.3, 0.4) is 0 Å². The van der Waals surface area contributed by atoms with Gasteiger partial charge in [0.1, 0.15) is 0 Å². The van der Waals surface area contributed by atoms with Crippen molar-refractivity contribution in [1.82, 2.24) is 24.9 Å². The van der Waals surface area contributed by atoms with E-state index in [9.17, 15) is 5.11 Å². The van der Waals surface area contributed by atoms with E-state index < -0.39 is 0 Å². The molecule has 0 fully saturated rings. The van der Waals surface area contributed by atoms with Crippen molar-refractivity contribution in [2.75, 3.05) is 0 Å². The summed E-state index contributed by atoms with van der Waals surface area (Å²) < 4.78 is 0. The van der Waals surface area contributed by atoms with Gasteiger partial charge in [0, 0.05) is 45.8 Å². The zero-order valence-electron chi connectivity index (χ0n) is 30.2. The van der Waals surface area contributed by atoms with Gasteiger partial charge in [-0.2, -0.15) is 0 Å². The lowest BCUT2D eigenvalue weighted by molar-refractivity contribution is 0.275. The standard InChI is InChI=1S/C43H51N5O/c1-7-11-13-27-23(5)32-17-38-42-29-15-16-30(41-31(29)21-44-40(41)22-49)43(42)39(48-38)18-33-24(6)28(14-12-8-2)37(46-33)20-35-26(10-4)25(9-3)34(47-35)19-36(27)45-32/h17-21,29-30,44,47-49H,7-16,22H2,1-6H3. The predicted molar refractivity (Wildman–Crippen MR) is 203 cm³/mol. The molecule has 10 bridgehead atoms. The molecule has 6 heterocycles. The molecular formula is C43H51N5O. The van der Waals surface area contributed by atoms with Crippen molar-refractivity contribution < 1.29 is 5.11 Å². The number of H-pyrrole nitrogens is 3. The van der Waals surface area contributed by atoms with E-state index in [1.807, 2.05) is 0 Å². The number of aromatic nitrogens is 5. The fourth-order valence-corrected chi connectivity index (χ4v) is 9.43. The Morgan fingerprint density at radius 1 is 0.653 bits per heavy atom. The number of hydrogen-bond acceptors (Lipinski definition) is 3. The lowest BCUT2D eigenvalue weighted by Gasteiger charge is -2.37. The highest BCUT2D eigenvalue weighted by atomic mass is 16.3. The van der Waals surface area contributed by atoms with Crippen molar-refractivity contribution in [3.05, 3.63) is 92.3 Å². The molecule has 0 saturated carbocycles. The Morgan fingerprint density at radius 3 is 1.65 bits per heavy atom. The number of aromatic amines is 3. The van der Waals surface area contributed by atoms with Crippen molar-refractivity contribution in [3.8, 4) is 0 Å². The molecule has 0 amide bonds. The summed E-state index contributed by atoms with van der Waals surface area (Å²) in [6.45, 7) is 13.7. The molecule has 4 aromatic rings. The highest BCUT2D eigenvalue weighted by Crippen LogP contribution is 2.56. The normalized spacial score (nSPS) is 18.1. The van der Waals surface area contributed by atoms with Crippen LogP contribution in [-0.2, 0) is 19.4 Å². The molecule has 0 spiro atoms. The third kappa shape index (κ3) is 5.00. The molecule has 2 unspecified atom stereocenters. The number of aryl methyl sites for hydroxylation is 2. The van der Waals surface area contributed by atoms with Crippen LogP contribution in [0.4, 0.5) is 0 Å². The summed E-state index contributed by atoms with van der Waals surface area (Å²) in [6, 6.07) is 9.32. The maximum absolute atomic E-state index is 10.3. The smallest absolute Gasteiger partial charge is 0.0833 e. The summed E-state index contributed by atoms with van der Waals surface area (Å²) >= 11 is 0. The van der Waals surface area contributed by atoms with E-state index in [0.717, 1.165) is 98.2 Å². The molecule has 3 aliphatic carbocycles. The number of rotatable bonds is 9. The zero-order valence-corrected chi connectivity index (χ0v) is 30.2. The molecule has 0 aromatic carbocycles. The van der Waals surface area contributed by atoms with E-state index in [1.54, 1.807) is 0 Å². The summed E-state index contributed by atoms with van der Waals surface area (Å²) in [4.78, 5) is 22.1. The van der Waals surface area contributed by atoms with Gasteiger partial charge in [-0.3, -0.25) is 0 Å². The molecule has 49 heavy (non-hydrogen) atoms. The average molecular weight is 654 g/mol. The molecule has 5 aliphatic rings. The number of nitrogens with one attached hydrogen (secondary N) is 3. The maximum atomic E-state index is 10.3. The topological polar surface area (TPSA) is 93.4 Å². The van der Waals surface area contributed by atoms with Crippen molar-refractivity contribution in [2.24, 2.45) is 0 Å². The summed E-state index contributed by atoms with van der Waals surface area (Å²) in [5.41, 5.74) is 23.5. The minimum Gasteiger partial charge on any atom is -0.390 e. The number of nitrogens with zero attached hydrogens (tertiary/aromatic N) is 2. The first-order chi connectivity index (χ1) is 23.9. The van der Waals surface area contributed by atoms with Gasteiger partial charge in [0.15, 0.2) is 0 Å². The molecule has 254 valence electrons. The first-order valence-corrected chi connectivity index (χ1v) is 18.9. The predicted octanol–water partition coefficient (Wildman–Crippen LogP) is 10.9. The van der Waals surface area contributed by atoms with E-state index in [0.29, 0.717) is 0 Å². The van der Waals surface area contributed by atoms with Crippen LogP contribution in [0.15, 0.2) is 30.5 Å². The molecule has 2 atom stereocenters. The zero-order chi connectivity index (χ0) is 34.0. The van der Waals surface area contributed by atoms with Gasteiger partial charge in [-0.05, 0) is 145 Å². The average Bonchev–Trinajstić information content (AvgIpc) is 3.91. The van der Waals surface area contributed by atoms with Crippen molar-refractivity contribution in [2.45, 2.75) is 124 Å². The summed E-state index contributed by atoms with van der Waals surface area (Å²) in [5.74, 6) is 0.527. The molecule has 0 radical (unpaired) electrons. The summed E-state index contributed by atoms with van der Waals surface area (Å²) in [6.07, 6.45) is 12.9. The number of hydrogen-bond donors (Lipinski definition) is 4. The molecule has 9 rings (SSSR count). The third-order valence-corrected chi connectivity index (χ3v) is 12.0. The van der Waals surface area contributed by atoms with E-state index in [-0.39, 0.29) is 18.4 Å². The Bertz CT molecular complexity index is 2200. The Balaban J connectivity index is 1.50. The largest absolute Gasteiger partial charge is 0.390 e. The second kappa shape index (κ2) is 12.6. The SMILES string of the molecule is CCCCC1=C(C)c2cc3[nH]c(cc4nc(cc5[nH]c(cc1n2)c(CC)c5CC)C(CCCC)=C4C)c1c3C2CCC1c1c2c[nH]c1CO. The second-order valence-corrected chi connectivity index (χ2v) is 14.6. The van der Waals surface area contributed by atoms with Gasteiger partial charge >= 0.3 is 0 Å². The summed E-state index contributed by atoms with van der Waals surface area (Å²) in [5, 5.41) is 10.3. The van der Waals surface area contributed by atoms with Crippen LogP contribution in [0.5, 0.6) is 0 Å². The first kappa shape index (κ1) is 32.1. The van der Waals surface area contributed by atoms with E-state index in [2.05, 4.69) is 87.0 Å². The minimum absolute atomic E-state index is 0.0378. The molecule has 2 aliphatic heterocycles. The van der Waals surface area contributed by atoms with Crippen LogP contribution < -0.4 is 0 Å². The van der Waals surface area contributed by atoms with Crippen LogP contribution in [0.1, 0.15) is 167 Å². The molecule has 0 saturated heterocycles. The highest BCUT2D eigenvalue weighted by molar-refractivity contribution is 5.95. The maximum Gasteiger partial charge on any atom is 0.0833 e. The minimum atomic E-state index is 0.0378. The van der Waals surface area contributed by atoms with Crippen molar-refractivity contribution in [1.29, 1.82) is 0 Å². The fraction of sp³-hybridized carbons (Fsp3) is 0.442. The Morgan fingerprint density at radius 2 is 1.14 bits per heavy atom. The molecular weight excluding hydrogens is 603 g/mol. The summed E-state index contributed by atoms with van der Waals surface area (Å²) in [7, 11) is 0. The van der Waals surface area contributed by atoms with Gasteiger partial charge in [-0.1, -0.05) is 40.5 Å². The molecule has 6 heteroatoms. The monoisotopic (exact) mass is 653 g/mol. The number of aliphatic hydroxyl groups excluding tert-OH is 1. The quantitative estimate of drug-likeness (QED) is 0.145. The van der Waals surface area contributed by atoms with E-state index >= 15 is 0 Å². The van der Waals surface area contributed by atoms with E-state index in [1.165, 1.54) is 72.2 Å². The Kier molecular flexibility index (Phi) is 8.26. The van der Waals surface area contributed by atoms with Gasteiger partial charge in [0.2, 0.25) is 0 Å². The number of fused-ring (bicyclic) bond motifs is 9. The van der Waals surface area contributed by atoms with Crippen molar-refractivity contribution in [3.63, 3.8) is 0 Å². The van der Waals surface area contributed by atoms with Gasteiger partial charge in [-0.25, -0.2) is 9.97 Å². The highest BCUT2D eigenvalue weighted by Gasteiger charge is 2.42. The lowest BCUT2D eigenvalue weighted by Crippen LogP contribution is -2.23. The van der Waals surface area contributed by atoms with Gasteiger partial charge < -0.3 is 20.1 Å². The second-order valence-electron chi connectivity index (χ2n) is 14.6. The lowest BCUT2D eigenvalue weighted by atomic mass is 9.65. The molecule has 6 nitrogen and oxygen atoms in total. The van der Waals surface area contributed by atoms with Crippen LogP contribution in [0, 0.1) is 0 Å². The van der Waals surface area contributed by atoms with Crippen molar-refractivity contribution >= 4 is 44.4 Å². The van der Waals surface area contributed by atoms with E-state index in [4.69, 9.17) is 9.97 Å². The van der Waals surface area contributed by atoms with Crippen LogP contribution >= 0.6 is 0 Å². The fourth-order valence-electron chi connectivity index (χ4n) is 9.43. The Hall–Kier alpha value is -4.16.